The molecule has 1 aliphatic rings. The SMILES string of the molecule is Cn1cc(S(N)(=O)=O)cc1C(=O)NCC1CCC(O)C1. The first-order valence-corrected chi connectivity index (χ1v) is 7.97. The van der Waals surface area contributed by atoms with E-state index in [4.69, 9.17) is 5.14 Å². The summed E-state index contributed by atoms with van der Waals surface area (Å²) >= 11 is 0. The first-order valence-electron chi connectivity index (χ1n) is 6.43. The number of nitrogens with two attached hydrogens (primary N) is 1. The van der Waals surface area contributed by atoms with E-state index in [0.717, 1.165) is 12.8 Å². The fourth-order valence-corrected chi connectivity index (χ4v) is 3.06. The van der Waals surface area contributed by atoms with Gasteiger partial charge in [-0.05, 0) is 31.2 Å². The summed E-state index contributed by atoms with van der Waals surface area (Å²) in [6.45, 7) is 0.478. The molecular formula is C12H19N3O4S. The van der Waals surface area contributed by atoms with Crippen LogP contribution in [0.25, 0.3) is 0 Å². The maximum atomic E-state index is 12.0. The molecule has 8 heteroatoms. The van der Waals surface area contributed by atoms with Crippen LogP contribution in [0.3, 0.4) is 0 Å². The lowest BCUT2D eigenvalue weighted by Gasteiger charge is -2.11. The average molecular weight is 301 g/mol. The van der Waals surface area contributed by atoms with Gasteiger partial charge in [0.2, 0.25) is 10.0 Å². The second-order valence-electron chi connectivity index (χ2n) is 5.26. The van der Waals surface area contributed by atoms with E-state index >= 15 is 0 Å². The quantitative estimate of drug-likeness (QED) is 0.699. The Kier molecular flexibility index (Phi) is 4.17. The molecule has 0 spiro atoms. The summed E-state index contributed by atoms with van der Waals surface area (Å²) in [4.78, 5) is 11.9. The van der Waals surface area contributed by atoms with Gasteiger partial charge in [0.05, 0.1) is 6.10 Å². The Labute approximate surface area is 117 Å². The molecule has 7 nitrogen and oxygen atoms in total. The maximum Gasteiger partial charge on any atom is 0.267 e. The zero-order chi connectivity index (χ0) is 14.9. The molecule has 1 saturated carbocycles. The molecule has 0 bridgehead atoms. The van der Waals surface area contributed by atoms with E-state index in [2.05, 4.69) is 5.32 Å². The molecule has 2 unspecified atom stereocenters. The highest BCUT2D eigenvalue weighted by Crippen LogP contribution is 2.24. The maximum absolute atomic E-state index is 12.0. The van der Waals surface area contributed by atoms with Crippen LogP contribution in [0.1, 0.15) is 29.8 Å². The number of hydrogen-bond donors (Lipinski definition) is 3. The summed E-state index contributed by atoms with van der Waals surface area (Å²) in [5.41, 5.74) is 0.243. The number of sulfonamides is 1. The number of hydrogen-bond acceptors (Lipinski definition) is 4. The fourth-order valence-electron chi connectivity index (χ4n) is 2.48. The third-order valence-electron chi connectivity index (χ3n) is 3.61. The molecular weight excluding hydrogens is 282 g/mol. The van der Waals surface area contributed by atoms with Gasteiger partial charge >= 0.3 is 0 Å². The lowest BCUT2D eigenvalue weighted by molar-refractivity contribution is 0.0937. The number of carbonyl (C=O) groups excluding carboxylic acids is 1. The van der Waals surface area contributed by atoms with Gasteiger partial charge in [-0.3, -0.25) is 4.79 Å². The Hall–Kier alpha value is -1.38. The minimum atomic E-state index is -3.81. The Morgan fingerprint density at radius 2 is 2.25 bits per heavy atom. The van der Waals surface area contributed by atoms with Gasteiger partial charge in [-0.15, -0.1) is 0 Å². The molecule has 1 aromatic rings. The van der Waals surface area contributed by atoms with Crippen molar-refractivity contribution in [1.82, 2.24) is 9.88 Å². The smallest absolute Gasteiger partial charge is 0.267 e. The van der Waals surface area contributed by atoms with E-state index in [1.165, 1.54) is 16.8 Å². The molecule has 1 fully saturated rings. The Morgan fingerprint density at radius 3 is 2.75 bits per heavy atom. The van der Waals surface area contributed by atoms with Gasteiger partial charge in [0, 0.05) is 19.8 Å². The second-order valence-corrected chi connectivity index (χ2v) is 6.82. The molecule has 1 aromatic heterocycles. The van der Waals surface area contributed by atoms with Gasteiger partial charge in [-0.2, -0.15) is 0 Å². The van der Waals surface area contributed by atoms with Crippen molar-refractivity contribution in [2.45, 2.75) is 30.3 Å². The predicted molar refractivity (Wildman–Crippen MR) is 72.5 cm³/mol. The van der Waals surface area contributed by atoms with Crippen LogP contribution in [0.5, 0.6) is 0 Å². The van der Waals surface area contributed by atoms with Gasteiger partial charge < -0.3 is 15.0 Å². The lowest BCUT2D eigenvalue weighted by atomic mass is 10.1. The van der Waals surface area contributed by atoms with Crippen molar-refractivity contribution >= 4 is 15.9 Å². The Balaban J connectivity index is 2.01. The van der Waals surface area contributed by atoms with E-state index < -0.39 is 10.0 Å². The number of nitrogens with one attached hydrogen (secondary N) is 1. The van der Waals surface area contributed by atoms with Gasteiger partial charge in [-0.1, -0.05) is 0 Å². The van der Waals surface area contributed by atoms with Crippen LogP contribution in [-0.2, 0) is 17.1 Å². The fraction of sp³-hybridized carbons (Fsp3) is 0.583. The molecule has 2 rings (SSSR count). The molecule has 4 N–H and O–H groups in total. The largest absolute Gasteiger partial charge is 0.393 e. The highest BCUT2D eigenvalue weighted by Gasteiger charge is 2.24. The number of aromatic nitrogens is 1. The van der Waals surface area contributed by atoms with Crippen LogP contribution >= 0.6 is 0 Å². The standard InChI is InChI=1S/C12H19N3O4S/c1-15-7-10(20(13,18)19)5-11(15)12(17)14-6-8-2-3-9(16)4-8/h5,7-9,16H,2-4,6H2,1H3,(H,14,17)(H2,13,18,19). The number of carbonyl (C=O) groups is 1. The van der Waals surface area contributed by atoms with E-state index in [9.17, 15) is 18.3 Å². The summed E-state index contributed by atoms with van der Waals surface area (Å²) in [7, 11) is -2.22. The Morgan fingerprint density at radius 1 is 1.55 bits per heavy atom. The first-order chi connectivity index (χ1) is 9.27. The number of primary sulfonamides is 1. The van der Waals surface area contributed by atoms with E-state index in [-0.39, 0.29) is 28.5 Å². The van der Waals surface area contributed by atoms with E-state index in [0.29, 0.717) is 13.0 Å². The van der Waals surface area contributed by atoms with Crippen molar-refractivity contribution in [3.8, 4) is 0 Å². The zero-order valence-electron chi connectivity index (χ0n) is 11.2. The summed E-state index contributed by atoms with van der Waals surface area (Å²) in [5, 5.41) is 17.2. The minimum absolute atomic E-state index is 0.0820. The summed E-state index contributed by atoms with van der Waals surface area (Å²) in [5.74, 6) is -0.0734. The van der Waals surface area contributed by atoms with E-state index in [1.54, 1.807) is 7.05 Å². The van der Waals surface area contributed by atoms with Crippen molar-refractivity contribution < 1.29 is 18.3 Å². The van der Waals surface area contributed by atoms with Crippen LogP contribution in [0.2, 0.25) is 0 Å². The van der Waals surface area contributed by atoms with E-state index in [1.807, 2.05) is 0 Å². The third kappa shape index (κ3) is 3.38. The third-order valence-corrected chi connectivity index (χ3v) is 4.49. The van der Waals surface area contributed by atoms with Gasteiger partial charge in [-0.25, -0.2) is 13.6 Å². The molecule has 0 aromatic carbocycles. The molecule has 20 heavy (non-hydrogen) atoms. The van der Waals surface area contributed by atoms with Crippen LogP contribution < -0.4 is 10.5 Å². The molecule has 112 valence electrons. The molecule has 1 heterocycles. The normalized spacial score (nSPS) is 22.9. The molecule has 2 atom stereocenters. The number of aliphatic hydroxyl groups is 1. The van der Waals surface area contributed by atoms with Crippen LogP contribution in [0.4, 0.5) is 0 Å². The Bertz CT molecular complexity index is 608. The topological polar surface area (TPSA) is 114 Å². The number of amides is 1. The van der Waals surface area contributed by atoms with Crippen molar-refractivity contribution in [3.05, 3.63) is 18.0 Å². The second kappa shape index (κ2) is 5.55. The highest BCUT2D eigenvalue weighted by atomic mass is 32.2. The molecule has 1 amide bonds. The minimum Gasteiger partial charge on any atom is -0.393 e. The molecule has 1 aliphatic carbocycles. The monoisotopic (exact) mass is 301 g/mol. The number of aliphatic hydroxyl groups excluding tert-OH is 1. The lowest BCUT2D eigenvalue weighted by Crippen LogP contribution is -2.29. The van der Waals surface area contributed by atoms with Crippen LogP contribution in [-0.4, -0.2) is 36.6 Å². The molecule has 0 radical (unpaired) electrons. The number of aryl methyl sites for hydroxylation is 1. The summed E-state index contributed by atoms with van der Waals surface area (Å²) in [6.07, 6.45) is 3.37. The van der Waals surface area contributed by atoms with Crippen LogP contribution in [0.15, 0.2) is 17.2 Å². The molecule has 0 saturated heterocycles. The zero-order valence-corrected chi connectivity index (χ0v) is 12.1. The average Bonchev–Trinajstić information content (AvgIpc) is 2.92. The summed E-state index contributed by atoms with van der Waals surface area (Å²) in [6, 6.07) is 1.26. The van der Waals surface area contributed by atoms with Gasteiger partial charge in [0.15, 0.2) is 0 Å². The first kappa shape index (κ1) is 15.0. The van der Waals surface area contributed by atoms with Crippen molar-refractivity contribution in [2.24, 2.45) is 18.1 Å². The highest BCUT2D eigenvalue weighted by molar-refractivity contribution is 7.89. The number of rotatable bonds is 4. The van der Waals surface area contributed by atoms with Gasteiger partial charge in [0.25, 0.3) is 5.91 Å². The van der Waals surface area contributed by atoms with Crippen molar-refractivity contribution in [3.63, 3.8) is 0 Å². The van der Waals surface area contributed by atoms with Crippen LogP contribution in [0, 0.1) is 5.92 Å². The van der Waals surface area contributed by atoms with Crippen molar-refractivity contribution in [1.29, 1.82) is 0 Å². The van der Waals surface area contributed by atoms with Gasteiger partial charge in [0.1, 0.15) is 10.6 Å². The summed E-state index contributed by atoms with van der Waals surface area (Å²) < 4.78 is 23.9. The number of nitrogens with zero attached hydrogens (tertiary/aromatic N) is 1. The predicted octanol–water partition coefficient (Wildman–Crippen LogP) is -0.437. The molecule has 0 aliphatic heterocycles. The van der Waals surface area contributed by atoms with Crippen molar-refractivity contribution in [2.75, 3.05) is 6.54 Å².